The number of imidazole rings is 1. The van der Waals surface area contributed by atoms with Crippen LogP contribution in [0.1, 0.15) is 5.82 Å². The fourth-order valence-corrected chi connectivity index (χ4v) is 1.90. The summed E-state index contributed by atoms with van der Waals surface area (Å²) < 4.78 is 1.63. The molecule has 0 atom stereocenters. The predicted molar refractivity (Wildman–Crippen MR) is 69.2 cm³/mol. The SMILES string of the molecule is NC(=NO)c1nccn1-c1nncc2ccccc12. The molecule has 94 valence electrons. The van der Waals surface area contributed by atoms with Crippen LogP contribution >= 0.6 is 0 Å². The summed E-state index contributed by atoms with van der Waals surface area (Å²) in [5.41, 5.74) is 5.59. The van der Waals surface area contributed by atoms with E-state index in [1.807, 2.05) is 24.3 Å². The molecule has 0 bridgehead atoms. The van der Waals surface area contributed by atoms with E-state index in [2.05, 4.69) is 20.3 Å². The summed E-state index contributed by atoms with van der Waals surface area (Å²) in [6.07, 6.45) is 4.92. The van der Waals surface area contributed by atoms with Gasteiger partial charge in [0.1, 0.15) is 0 Å². The van der Waals surface area contributed by atoms with Crippen LogP contribution in [0.25, 0.3) is 16.6 Å². The second kappa shape index (κ2) is 4.37. The van der Waals surface area contributed by atoms with Crippen LogP contribution < -0.4 is 5.73 Å². The molecule has 0 aliphatic heterocycles. The molecule has 19 heavy (non-hydrogen) atoms. The first-order valence-electron chi connectivity index (χ1n) is 5.53. The van der Waals surface area contributed by atoms with Crippen LogP contribution in [0.5, 0.6) is 0 Å². The molecule has 2 heterocycles. The minimum absolute atomic E-state index is 0.0836. The third-order valence-electron chi connectivity index (χ3n) is 2.76. The minimum atomic E-state index is -0.0836. The zero-order valence-corrected chi connectivity index (χ0v) is 9.80. The Morgan fingerprint density at radius 3 is 3.00 bits per heavy atom. The van der Waals surface area contributed by atoms with E-state index in [0.717, 1.165) is 10.8 Å². The maximum absolute atomic E-state index is 8.76. The number of benzene rings is 1. The Bertz CT molecular complexity index is 758. The highest BCUT2D eigenvalue weighted by atomic mass is 16.4. The van der Waals surface area contributed by atoms with Gasteiger partial charge >= 0.3 is 0 Å². The van der Waals surface area contributed by atoms with Crippen molar-refractivity contribution < 1.29 is 5.21 Å². The van der Waals surface area contributed by atoms with Gasteiger partial charge in [-0.15, -0.1) is 5.10 Å². The van der Waals surface area contributed by atoms with E-state index in [1.165, 1.54) is 0 Å². The van der Waals surface area contributed by atoms with Gasteiger partial charge in [-0.3, -0.25) is 4.57 Å². The minimum Gasteiger partial charge on any atom is -0.409 e. The Hall–Kier alpha value is -2.96. The van der Waals surface area contributed by atoms with Gasteiger partial charge in [-0.05, 0) is 0 Å². The lowest BCUT2D eigenvalue weighted by atomic mass is 10.2. The molecule has 3 rings (SSSR count). The standard InChI is InChI=1S/C12H10N6O/c13-10(17-19)12-14-5-6-18(12)11-9-4-2-1-3-8(9)7-15-16-11/h1-7,19H,(H2,13,17). The van der Waals surface area contributed by atoms with E-state index in [1.54, 1.807) is 23.2 Å². The molecule has 0 saturated carbocycles. The summed E-state index contributed by atoms with van der Waals surface area (Å²) in [4.78, 5) is 4.05. The first kappa shape index (κ1) is 11.1. The van der Waals surface area contributed by atoms with E-state index in [9.17, 15) is 0 Å². The second-order valence-electron chi connectivity index (χ2n) is 3.86. The molecule has 0 aliphatic carbocycles. The van der Waals surface area contributed by atoms with Gasteiger partial charge in [0, 0.05) is 23.2 Å². The number of fused-ring (bicyclic) bond motifs is 1. The summed E-state index contributed by atoms with van der Waals surface area (Å²) in [6.45, 7) is 0. The summed E-state index contributed by atoms with van der Waals surface area (Å²) >= 11 is 0. The van der Waals surface area contributed by atoms with E-state index < -0.39 is 0 Å². The number of nitrogens with two attached hydrogens (primary N) is 1. The van der Waals surface area contributed by atoms with E-state index in [4.69, 9.17) is 10.9 Å². The molecule has 0 aliphatic rings. The first-order valence-corrected chi connectivity index (χ1v) is 5.53. The second-order valence-corrected chi connectivity index (χ2v) is 3.86. The molecule has 7 nitrogen and oxygen atoms in total. The van der Waals surface area contributed by atoms with Gasteiger partial charge in [0.2, 0.25) is 5.84 Å². The van der Waals surface area contributed by atoms with Gasteiger partial charge in [0.05, 0.1) is 6.20 Å². The Kier molecular flexibility index (Phi) is 2.57. The average Bonchev–Trinajstić information content (AvgIpc) is 2.95. The molecular formula is C12H10N6O. The van der Waals surface area contributed by atoms with Crippen molar-refractivity contribution in [1.82, 2.24) is 19.7 Å². The number of aromatic nitrogens is 4. The fraction of sp³-hybridized carbons (Fsp3) is 0. The summed E-state index contributed by atoms with van der Waals surface area (Å²) in [5.74, 6) is 0.810. The van der Waals surface area contributed by atoms with Crippen molar-refractivity contribution in [1.29, 1.82) is 0 Å². The van der Waals surface area contributed by atoms with Crippen LogP contribution in [0.15, 0.2) is 48.0 Å². The van der Waals surface area contributed by atoms with Crippen LogP contribution in [-0.2, 0) is 0 Å². The van der Waals surface area contributed by atoms with Crippen LogP contribution in [0.4, 0.5) is 0 Å². The molecule has 0 spiro atoms. The zero-order valence-electron chi connectivity index (χ0n) is 9.80. The highest BCUT2D eigenvalue weighted by molar-refractivity contribution is 5.95. The molecule has 0 amide bonds. The Balaban J connectivity index is 2.29. The third-order valence-corrected chi connectivity index (χ3v) is 2.76. The topological polar surface area (TPSA) is 102 Å². The van der Waals surface area contributed by atoms with E-state index in [-0.39, 0.29) is 5.84 Å². The van der Waals surface area contributed by atoms with Crippen LogP contribution in [-0.4, -0.2) is 30.8 Å². The van der Waals surface area contributed by atoms with Crippen molar-refractivity contribution in [3.63, 3.8) is 0 Å². The lowest BCUT2D eigenvalue weighted by Gasteiger charge is -2.07. The molecule has 2 aromatic heterocycles. The zero-order chi connectivity index (χ0) is 13.2. The van der Waals surface area contributed by atoms with Crippen molar-refractivity contribution >= 4 is 16.6 Å². The van der Waals surface area contributed by atoms with Crippen molar-refractivity contribution in [3.05, 3.63) is 48.7 Å². The molecule has 3 aromatic rings. The maximum atomic E-state index is 8.76. The number of oxime groups is 1. The lowest BCUT2D eigenvalue weighted by molar-refractivity contribution is 0.318. The smallest absolute Gasteiger partial charge is 0.206 e. The van der Waals surface area contributed by atoms with Crippen LogP contribution in [0, 0.1) is 0 Å². The maximum Gasteiger partial charge on any atom is 0.206 e. The van der Waals surface area contributed by atoms with Gasteiger partial charge in [0.25, 0.3) is 0 Å². The highest BCUT2D eigenvalue weighted by Gasteiger charge is 2.13. The summed E-state index contributed by atoms with van der Waals surface area (Å²) in [6, 6.07) is 7.70. The third kappa shape index (κ3) is 1.77. The molecule has 0 unspecified atom stereocenters. The molecular weight excluding hydrogens is 244 g/mol. The molecule has 7 heteroatoms. The van der Waals surface area contributed by atoms with Crippen LogP contribution in [0.2, 0.25) is 0 Å². The van der Waals surface area contributed by atoms with Gasteiger partial charge in [-0.1, -0.05) is 29.4 Å². The number of hydrogen-bond acceptors (Lipinski definition) is 5. The first-order chi connectivity index (χ1) is 9.31. The molecule has 0 saturated heterocycles. The van der Waals surface area contributed by atoms with Crippen molar-refractivity contribution in [2.45, 2.75) is 0 Å². The Morgan fingerprint density at radius 2 is 2.16 bits per heavy atom. The average molecular weight is 254 g/mol. The van der Waals surface area contributed by atoms with Gasteiger partial charge < -0.3 is 10.9 Å². The van der Waals surface area contributed by atoms with Gasteiger partial charge in [-0.25, -0.2) is 4.98 Å². The predicted octanol–water partition coefficient (Wildman–Crippen LogP) is 0.910. The number of rotatable bonds is 2. The van der Waals surface area contributed by atoms with Gasteiger partial charge in [0.15, 0.2) is 11.6 Å². The quantitative estimate of drug-likeness (QED) is 0.306. The van der Waals surface area contributed by atoms with E-state index >= 15 is 0 Å². The normalized spacial score (nSPS) is 11.9. The van der Waals surface area contributed by atoms with E-state index in [0.29, 0.717) is 11.6 Å². The summed E-state index contributed by atoms with van der Waals surface area (Å²) in [7, 11) is 0. The molecule has 0 fully saturated rings. The lowest BCUT2D eigenvalue weighted by Crippen LogP contribution is -2.19. The summed E-state index contributed by atoms with van der Waals surface area (Å²) in [5, 5.41) is 21.6. The van der Waals surface area contributed by atoms with Crippen molar-refractivity contribution in [3.8, 4) is 5.82 Å². The van der Waals surface area contributed by atoms with Crippen molar-refractivity contribution in [2.24, 2.45) is 10.9 Å². The highest BCUT2D eigenvalue weighted by Crippen LogP contribution is 2.19. The number of hydrogen-bond donors (Lipinski definition) is 2. The number of nitrogens with zero attached hydrogens (tertiary/aromatic N) is 5. The monoisotopic (exact) mass is 254 g/mol. The Labute approximate surface area is 108 Å². The molecule has 1 aromatic carbocycles. The Morgan fingerprint density at radius 1 is 1.32 bits per heavy atom. The molecule has 0 radical (unpaired) electrons. The molecule has 3 N–H and O–H groups in total. The van der Waals surface area contributed by atoms with Gasteiger partial charge in [-0.2, -0.15) is 5.10 Å². The van der Waals surface area contributed by atoms with Crippen LogP contribution in [0.3, 0.4) is 0 Å². The number of amidine groups is 1. The fourth-order valence-electron chi connectivity index (χ4n) is 1.90. The largest absolute Gasteiger partial charge is 0.409 e. The van der Waals surface area contributed by atoms with Crippen molar-refractivity contribution in [2.75, 3.05) is 0 Å².